The van der Waals surface area contributed by atoms with Crippen LogP contribution in [0.2, 0.25) is 0 Å². The van der Waals surface area contributed by atoms with Gasteiger partial charge in [-0.1, -0.05) is 11.8 Å². The summed E-state index contributed by atoms with van der Waals surface area (Å²) in [6.07, 6.45) is 0.287. The average molecular weight is 293 g/mol. The number of carbonyl (C=O) groups is 2. The van der Waals surface area contributed by atoms with Crippen molar-refractivity contribution in [1.29, 1.82) is 0 Å². The lowest BCUT2D eigenvalue weighted by Crippen LogP contribution is -2.27. The van der Waals surface area contributed by atoms with Crippen molar-refractivity contribution in [1.82, 2.24) is 5.32 Å². The molecule has 0 heterocycles. The Morgan fingerprint density at radius 3 is 2.86 bits per heavy atom. The normalized spacial score (nSPS) is 9.48. The molecule has 0 saturated carbocycles. The van der Waals surface area contributed by atoms with E-state index in [1.54, 1.807) is 0 Å². The second-order valence-electron chi connectivity index (χ2n) is 4.05. The highest BCUT2D eigenvalue weighted by molar-refractivity contribution is 5.96. The third-order valence-electron chi connectivity index (χ3n) is 2.53. The quantitative estimate of drug-likeness (QED) is 0.623. The topological polar surface area (TPSA) is 75.6 Å². The molecule has 0 bridgehead atoms. The lowest BCUT2D eigenvalue weighted by atomic mass is 10.1. The van der Waals surface area contributed by atoms with Gasteiger partial charge >= 0.3 is 5.97 Å². The van der Waals surface area contributed by atoms with E-state index in [0.717, 1.165) is 12.1 Å². The minimum Gasteiger partial charge on any atom is -0.469 e. The van der Waals surface area contributed by atoms with Crippen molar-refractivity contribution in [2.24, 2.45) is 0 Å². The summed E-state index contributed by atoms with van der Waals surface area (Å²) >= 11 is 0. The molecular formula is C15H16FNO4. The Morgan fingerprint density at radius 2 is 2.19 bits per heavy atom. The molecule has 0 radical (unpaired) electrons. The maximum Gasteiger partial charge on any atom is 0.307 e. The van der Waals surface area contributed by atoms with Crippen LogP contribution in [0.3, 0.4) is 0 Å². The molecule has 1 aromatic carbocycles. The second-order valence-corrected chi connectivity index (χ2v) is 4.05. The maximum absolute atomic E-state index is 13.2. The zero-order valence-electron chi connectivity index (χ0n) is 11.6. The van der Waals surface area contributed by atoms with E-state index < -0.39 is 17.7 Å². The molecular weight excluding hydrogens is 277 g/mol. The molecule has 21 heavy (non-hydrogen) atoms. The van der Waals surface area contributed by atoms with Gasteiger partial charge in [-0.15, -0.1) is 0 Å². The zero-order chi connectivity index (χ0) is 15.7. The maximum atomic E-state index is 13.2. The highest BCUT2D eigenvalue weighted by Gasteiger charge is 2.11. The monoisotopic (exact) mass is 293 g/mol. The molecule has 1 rings (SSSR count). The molecule has 1 amide bonds. The molecule has 0 fully saturated rings. The number of benzene rings is 1. The van der Waals surface area contributed by atoms with Gasteiger partial charge in [-0.25, -0.2) is 4.39 Å². The minimum atomic E-state index is -0.505. The second kappa shape index (κ2) is 8.72. The van der Waals surface area contributed by atoms with E-state index >= 15 is 0 Å². The number of rotatable bonds is 5. The van der Waals surface area contributed by atoms with Crippen LogP contribution in [0.25, 0.3) is 0 Å². The van der Waals surface area contributed by atoms with Crippen LogP contribution in [0.4, 0.5) is 4.39 Å². The molecule has 0 atom stereocenters. The van der Waals surface area contributed by atoms with Gasteiger partial charge in [0.15, 0.2) is 0 Å². The van der Waals surface area contributed by atoms with Crippen LogP contribution in [0.15, 0.2) is 18.2 Å². The van der Waals surface area contributed by atoms with Crippen molar-refractivity contribution in [3.05, 3.63) is 35.1 Å². The fraction of sp³-hybridized carbons (Fsp3) is 0.333. The zero-order valence-corrected chi connectivity index (χ0v) is 11.6. The van der Waals surface area contributed by atoms with Crippen LogP contribution >= 0.6 is 0 Å². The van der Waals surface area contributed by atoms with E-state index in [-0.39, 0.29) is 37.1 Å². The molecule has 0 aromatic heterocycles. The van der Waals surface area contributed by atoms with Gasteiger partial charge in [0.1, 0.15) is 5.82 Å². The number of nitrogens with one attached hydrogen (secondary N) is 1. The number of aliphatic hydroxyl groups excluding tert-OH is 1. The number of methoxy groups -OCH3 is 1. The summed E-state index contributed by atoms with van der Waals surface area (Å²) in [7, 11) is 1.26. The van der Waals surface area contributed by atoms with E-state index in [2.05, 4.69) is 21.9 Å². The Kier molecular flexibility index (Phi) is 6.92. The predicted octanol–water partition coefficient (Wildman–Crippen LogP) is 0.852. The Labute approximate surface area is 122 Å². The Hall–Kier alpha value is -2.39. The first-order chi connectivity index (χ1) is 10.1. The van der Waals surface area contributed by atoms with E-state index in [1.807, 2.05) is 0 Å². The minimum absolute atomic E-state index is 0.0506. The highest BCUT2D eigenvalue weighted by atomic mass is 19.1. The predicted molar refractivity (Wildman–Crippen MR) is 73.9 cm³/mol. The van der Waals surface area contributed by atoms with Crippen LogP contribution in [-0.2, 0) is 9.53 Å². The molecule has 0 aliphatic rings. The van der Waals surface area contributed by atoms with Crippen LogP contribution in [-0.4, -0.2) is 37.2 Å². The summed E-state index contributed by atoms with van der Waals surface area (Å²) in [6.45, 7) is 0.00929. The third-order valence-corrected chi connectivity index (χ3v) is 2.53. The lowest BCUT2D eigenvalue weighted by molar-refractivity contribution is -0.140. The lowest BCUT2D eigenvalue weighted by Gasteiger charge is -2.06. The molecule has 0 saturated heterocycles. The van der Waals surface area contributed by atoms with Crippen molar-refractivity contribution in [3.8, 4) is 11.8 Å². The fourth-order valence-electron chi connectivity index (χ4n) is 1.51. The van der Waals surface area contributed by atoms with Gasteiger partial charge in [0.2, 0.25) is 0 Å². The van der Waals surface area contributed by atoms with Gasteiger partial charge in [0.25, 0.3) is 5.91 Å². The Bertz CT molecular complexity index is 575. The number of halogens is 1. The summed E-state index contributed by atoms with van der Waals surface area (Å²) in [5.41, 5.74) is 0.450. The number of amides is 1. The third kappa shape index (κ3) is 5.63. The van der Waals surface area contributed by atoms with Crippen LogP contribution in [0, 0.1) is 17.7 Å². The summed E-state index contributed by atoms with van der Waals surface area (Å²) in [5.74, 6) is 3.89. The first-order valence-corrected chi connectivity index (χ1v) is 6.32. The van der Waals surface area contributed by atoms with Gasteiger partial charge in [-0.05, 0) is 18.2 Å². The van der Waals surface area contributed by atoms with Crippen molar-refractivity contribution in [2.45, 2.75) is 12.8 Å². The number of aliphatic hydroxyl groups is 1. The Morgan fingerprint density at radius 1 is 1.43 bits per heavy atom. The number of esters is 1. The van der Waals surface area contributed by atoms with E-state index in [0.29, 0.717) is 0 Å². The number of ether oxygens (including phenoxy) is 1. The van der Waals surface area contributed by atoms with Crippen LogP contribution < -0.4 is 5.32 Å². The van der Waals surface area contributed by atoms with E-state index in [1.165, 1.54) is 13.2 Å². The first kappa shape index (κ1) is 16.7. The average Bonchev–Trinajstić information content (AvgIpc) is 2.47. The number of hydrogen-bond acceptors (Lipinski definition) is 4. The molecule has 0 aliphatic heterocycles. The SMILES string of the molecule is COC(=O)CCNC(=O)c1ccc(F)cc1C#CCCO. The van der Waals surface area contributed by atoms with Crippen molar-refractivity contribution in [3.63, 3.8) is 0 Å². The van der Waals surface area contributed by atoms with E-state index in [4.69, 9.17) is 5.11 Å². The summed E-state index contributed by atoms with van der Waals surface area (Å²) in [6, 6.07) is 3.64. The summed E-state index contributed by atoms with van der Waals surface area (Å²) < 4.78 is 17.7. The smallest absolute Gasteiger partial charge is 0.307 e. The van der Waals surface area contributed by atoms with Gasteiger partial charge < -0.3 is 15.2 Å². The van der Waals surface area contributed by atoms with Gasteiger partial charge in [-0.2, -0.15) is 0 Å². The molecule has 2 N–H and O–H groups in total. The Balaban J connectivity index is 2.79. The molecule has 0 spiro atoms. The number of hydrogen-bond donors (Lipinski definition) is 2. The van der Waals surface area contributed by atoms with E-state index in [9.17, 15) is 14.0 Å². The molecule has 5 nitrogen and oxygen atoms in total. The molecule has 6 heteroatoms. The molecule has 0 unspecified atom stereocenters. The first-order valence-electron chi connectivity index (χ1n) is 6.32. The molecule has 0 aliphatic carbocycles. The molecule has 1 aromatic rings. The summed E-state index contributed by atoms with van der Waals surface area (Å²) in [5, 5.41) is 11.2. The fourth-order valence-corrected chi connectivity index (χ4v) is 1.51. The number of carbonyl (C=O) groups excluding carboxylic acids is 2. The standard InChI is InChI=1S/C15H16FNO4/c1-21-14(19)7-8-17-15(20)13-6-5-12(16)10-11(13)4-2-3-9-18/h5-6,10,18H,3,7-9H2,1H3,(H,17,20). The van der Waals surface area contributed by atoms with Crippen LogP contribution in [0.5, 0.6) is 0 Å². The van der Waals surface area contributed by atoms with Gasteiger partial charge in [0.05, 0.1) is 25.7 Å². The van der Waals surface area contributed by atoms with Gasteiger partial charge in [0, 0.05) is 18.5 Å². The van der Waals surface area contributed by atoms with Crippen LogP contribution in [0.1, 0.15) is 28.8 Å². The molecule has 112 valence electrons. The highest BCUT2D eigenvalue weighted by Crippen LogP contribution is 2.10. The van der Waals surface area contributed by atoms with Crippen molar-refractivity contribution < 1.29 is 23.8 Å². The largest absolute Gasteiger partial charge is 0.469 e. The van der Waals surface area contributed by atoms with Crippen molar-refractivity contribution >= 4 is 11.9 Å². The van der Waals surface area contributed by atoms with Gasteiger partial charge in [-0.3, -0.25) is 9.59 Å². The van der Waals surface area contributed by atoms with Crippen molar-refractivity contribution in [2.75, 3.05) is 20.3 Å². The summed E-state index contributed by atoms with van der Waals surface area (Å²) in [4.78, 5) is 22.9.